The number of para-hydroxylation sites is 1. The average Bonchev–Trinajstić information content (AvgIpc) is 3.60. The number of halogens is 2. The fourth-order valence-electron chi connectivity index (χ4n) is 3.01. The number of benzene rings is 2. The highest BCUT2D eigenvalue weighted by molar-refractivity contribution is 14.0. The number of hydrogen-bond acceptors (Lipinski definition) is 3. The molecule has 1 saturated carbocycles. The number of amides is 1. The number of rotatable bonds is 11. The molecular formula is C24H32FIN4O2. The molecule has 0 aliphatic heterocycles. The van der Waals surface area contributed by atoms with Crippen LogP contribution in [0.1, 0.15) is 30.9 Å². The molecule has 0 bridgehead atoms. The SMILES string of the molecule is CCNC(=NCc1ccccc1OCC1CC1)NCCNC(=O)Cc1ccc(F)cc1.I. The molecule has 0 heterocycles. The molecule has 0 spiro atoms. The molecule has 0 saturated heterocycles. The molecule has 1 aliphatic rings. The van der Waals surface area contributed by atoms with Crippen molar-refractivity contribution >= 4 is 35.8 Å². The Morgan fingerprint density at radius 2 is 1.78 bits per heavy atom. The summed E-state index contributed by atoms with van der Waals surface area (Å²) in [4.78, 5) is 16.7. The number of guanidine groups is 1. The topological polar surface area (TPSA) is 74.8 Å². The Morgan fingerprint density at radius 3 is 2.50 bits per heavy atom. The number of aliphatic imine (C=N–C) groups is 1. The van der Waals surface area contributed by atoms with Crippen molar-refractivity contribution in [2.75, 3.05) is 26.2 Å². The van der Waals surface area contributed by atoms with Crippen LogP contribution >= 0.6 is 24.0 Å². The Bertz CT molecular complexity index is 873. The van der Waals surface area contributed by atoms with Crippen molar-refractivity contribution in [2.45, 2.75) is 32.7 Å². The maximum absolute atomic E-state index is 12.9. The summed E-state index contributed by atoms with van der Waals surface area (Å²) >= 11 is 0. The van der Waals surface area contributed by atoms with E-state index in [0.29, 0.717) is 31.5 Å². The summed E-state index contributed by atoms with van der Waals surface area (Å²) in [5.74, 6) is 1.88. The van der Waals surface area contributed by atoms with Gasteiger partial charge in [-0.25, -0.2) is 9.38 Å². The van der Waals surface area contributed by atoms with Gasteiger partial charge in [-0.2, -0.15) is 0 Å². The van der Waals surface area contributed by atoms with Gasteiger partial charge in [0.1, 0.15) is 11.6 Å². The first kappa shape index (κ1) is 25.9. The average molecular weight is 554 g/mol. The van der Waals surface area contributed by atoms with Crippen LogP contribution in [0.4, 0.5) is 4.39 Å². The maximum Gasteiger partial charge on any atom is 0.224 e. The molecule has 3 N–H and O–H groups in total. The third kappa shape index (κ3) is 9.42. The number of carbonyl (C=O) groups excluding carboxylic acids is 1. The van der Waals surface area contributed by atoms with Crippen molar-refractivity contribution in [2.24, 2.45) is 10.9 Å². The van der Waals surface area contributed by atoms with Crippen LogP contribution in [0.5, 0.6) is 5.75 Å². The lowest BCUT2D eigenvalue weighted by molar-refractivity contribution is -0.120. The van der Waals surface area contributed by atoms with Crippen molar-refractivity contribution in [1.29, 1.82) is 0 Å². The van der Waals surface area contributed by atoms with Gasteiger partial charge in [0.2, 0.25) is 5.91 Å². The summed E-state index contributed by atoms with van der Waals surface area (Å²) in [7, 11) is 0. The molecule has 3 rings (SSSR count). The highest BCUT2D eigenvalue weighted by atomic mass is 127. The zero-order chi connectivity index (χ0) is 21.9. The van der Waals surface area contributed by atoms with E-state index in [4.69, 9.17) is 4.74 Å². The normalized spacial score (nSPS) is 13.1. The number of nitrogens with zero attached hydrogens (tertiary/aromatic N) is 1. The number of nitrogens with one attached hydrogen (secondary N) is 3. The van der Waals surface area contributed by atoms with Crippen LogP contribution in [0.15, 0.2) is 53.5 Å². The van der Waals surface area contributed by atoms with E-state index in [1.165, 1.54) is 25.0 Å². The van der Waals surface area contributed by atoms with E-state index >= 15 is 0 Å². The Balaban J connectivity index is 0.00000363. The highest BCUT2D eigenvalue weighted by Gasteiger charge is 2.22. The quantitative estimate of drug-likeness (QED) is 0.172. The van der Waals surface area contributed by atoms with Crippen molar-refractivity contribution in [3.05, 3.63) is 65.5 Å². The summed E-state index contributed by atoms with van der Waals surface area (Å²) in [6.45, 7) is 5.03. The summed E-state index contributed by atoms with van der Waals surface area (Å²) in [5, 5.41) is 9.31. The summed E-state index contributed by atoms with van der Waals surface area (Å²) in [6, 6.07) is 14.0. The molecule has 0 unspecified atom stereocenters. The first-order chi connectivity index (χ1) is 15.1. The third-order valence-electron chi connectivity index (χ3n) is 4.91. The lowest BCUT2D eigenvalue weighted by Crippen LogP contribution is -2.41. The fourth-order valence-corrected chi connectivity index (χ4v) is 3.01. The first-order valence-corrected chi connectivity index (χ1v) is 10.9. The minimum atomic E-state index is -0.305. The van der Waals surface area contributed by atoms with Gasteiger partial charge in [-0.3, -0.25) is 4.79 Å². The molecule has 8 heteroatoms. The van der Waals surface area contributed by atoms with Crippen LogP contribution in [0, 0.1) is 11.7 Å². The molecule has 1 amide bonds. The first-order valence-electron chi connectivity index (χ1n) is 10.9. The second-order valence-corrected chi connectivity index (χ2v) is 7.64. The van der Waals surface area contributed by atoms with Crippen LogP contribution in [-0.4, -0.2) is 38.1 Å². The van der Waals surface area contributed by atoms with Crippen LogP contribution in [-0.2, 0) is 17.8 Å². The Hall–Kier alpha value is -2.36. The van der Waals surface area contributed by atoms with E-state index in [9.17, 15) is 9.18 Å². The molecule has 32 heavy (non-hydrogen) atoms. The summed E-state index contributed by atoms with van der Waals surface area (Å²) in [6.07, 6.45) is 2.75. The minimum Gasteiger partial charge on any atom is -0.493 e. The second kappa shape index (κ2) is 13.9. The van der Waals surface area contributed by atoms with E-state index in [-0.39, 0.29) is 42.1 Å². The Kier molecular flexibility index (Phi) is 11.3. The highest BCUT2D eigenvalue weighted by Crippen LogP contribution is 2.30. The number of hydrogen-bond donors (Lipinski definition) is 3. The van der Waals surface area contributed by atoms with Crippen LogP contribution in [0.3, 0.4) is 0 Å². The molecular weight excluding hydrogens is 522 g/mol. The van der Waals surface area contributed by atoms with Gasteiger partial charge in [0, 0.05) is 25.2 Å². The number of ether oxygens (including phenoxy) is 1. The molecule has 1 fully saturated rings. The van der Waals surface area contributed by atoms with Gasteiger partial charge in [0.15, 0.2) is 5.96 Å². The largest absolute Gasteiger partial charge is 0.493 e. The molecule has 1 aliphatic carbocycles. The van der Waals surface area contributed by atoms with E-state index < -0.39 is 0 Å². The van der Waals surface area contributed by atoms with Crippen LogP contribution < -0.4 is 20.7 Å². The summed E-state index contributed by atoms with van der Waals surface area (Å²) < 4.78 is 18.9. The van der Waals surface area contributed by atoms with Gasteiger partial charge in [-0.05, 0) is 49.4 Å². The van der Waals surface area contributed by atoms with Gasteiger partial charge >= 0.3 is 0 Å². The molecule has 0 aromatic heterocycles. The van der Waals surface area contributed by atoms with Crippen molar-refractivity contribution in [3.8, 4) is 5.75 Å². The van der Waals surface area contributed by atoms with E-state index in [0.717, 1.165) is 30.0 Å². The lowest BCUT2D eigenvalue weighted by atomic mass is 10.1. The molecule has 2 aromatic rings. The predicted octanol–water partition coefficient (Wildman–Crippen LogP) is 3.65. The zero-order valence-corrected chi connectivity index (χ0v) is 20.7. The predicted molar refractivity (Wildman–Crippen MR) is 136 cm³/mol. The van der Waals surface area contributed by atoms with Gasteiger partial charge < -0.3 is 20.7 Å². The number of carbonyl (C=O) groups is 1. The molecule has 0 radical (unpaired) electrons. The standard InChI is InChI=1S/C24H31FN4O2.HI/c1-2-26-24(28-14-13-27-23(30)15-18-9-11-21(25)12-10-18)29-16-20-5-3-4-6-22(20)31-17-19-7-8-19;/h3-6,9-12,19H,2,7-8,13-17H2,1H3,(H,27,30)(H2,26,28,29);1H. The monoisotopic (exact) mass is 554 g/mol. The van der Waals surface area contributed by atoms with E-state index in [1.54, 1.807) is 12.1 Å². The van der Waals surface area contributed by atoms with Crippen LogP contribution in [0.25, 0.3) is 0 Å². The summed E-state index contributed by atoms with van der Waals surface area (Å²) in [5.41, 5.74) is 1.83. The van der Waals surface area contributed by atoms with E-state index in [2.05, 4.69) is 20.9 Å². The van der Waals surface area contributed by atoms with Gasteiger partial charge in [0.05, 0.1) is 19.6 Å². The molecule has 0 atom stereocenters. The fraction of sp³-hybridized carbons (Fsp3) is 0.417. The maximum atomic E-state index is 12.9. The van der Waals surface area contributed by atoms with Gasteiger partial charge in [0.25, 0.3) is 0 Å². The Labute approximate surface area is 206 Å². The van der Waals surface area contributed by atoms with Crippen molar-refractivity contribution < 1.29 is 13.9 Å². The molecule has 2 aromatic carbocycles. The third-order valence-corrected chi connectivity index (χ3v) is 4.91. The molecule has 6 nitrogen and oxygen atoms in total. The van der Waals surface area contributed by atoms with Crippen molar-refractivity contribution in [3.63, 3.8) is 0 Å². The van der Waals surface area contributed by atoms with Crippen molar-refractivity contribution in [1.82, 2.24) is 16.0 Å². The zero-order valence-electron chi connectivity index (χ0n) is 18.4. The van der Waals surface area contributed by atoms with Gasteiger partial charge in [-0.1, -0.05) is 30.3 Å². The smallest absolute Gasteiger partial charge is 0.224 e. The van der Waals surface area contributed by atoms with Crippen LogP contribution in [0.2, 0.25) is 0 Å². The lowest BCUT2D eigenvalue weighted by Gasteiger charge is -2.13. The minimum absolute atomic E-state index is 0. The molecule has 174 valence electrons. The van der Waals surface area contributed by atoms with Gasteiger partial charge in [-0.15, -0.1) is 24.0 Å². The van der Waals surface area contributed by atoms with E-state index in [1.807, 2.05) is 31.2 Å². The Morgan fingerprint density at radius 1 is 1.06 bits per heavy atom. The second-order valence-electron chi connectivity index (χ2n) is 7.64.